The lowest BCUT2D eigenvalue weighted by Crippen LogP contribution is -1.96. The summed E-state index contributed by atoms with van der Waals surface area (Å²) in [5, 5.41) is 15.3. The molecule has 4 nitrogen and oxygen atoms in total. The van der Waals surface area contributed by atoms with Crippen molar-refractivity contribution in [2.24, 2.45) is 0 Å². The van der Waals surface area contributed by atoms with Crippen LogP contribution >= 0.6 is 27.3 Å². The van der Waals surface area contributed by atoms with E-state index >= 15 is 0 Å². The molecule has 1 heterocycles. The highest BCUT2D eigenvalue weighted by Gasteiger charge is 2.09. The number of nitriles is 1. The van der Waals surface area contributed by atoms with E-state index in [0.717, 1.165) is 46.6 Å². The van der Waals surface area contributed by atoms with Crippen LogP contribution in [0.25, 0.3) is 16.8 Å². The molecule has 28 heavy (non-hydrogen) atoms. The number of rotatable bonds is 8. The Hall–Kier alpha value is -2.62. The smallest absolute Gasteiger partial charge is 0.136 e. The summed E-state index contributed by atoms with van der Waals surface area (Å²) in [6.45, 7) is 2.87. The van der Waals surface area contributed by atoms with Gasteiger partial charge in [-0.15, -0.1) is 11.3 Å². The number of ether oxygens (including phenoxy) is 1. The van der Waals surface area contributed by atoms with Gasteiger partial charge >= 0.3 is 0 Å². The maximum absolute atomic E-state index is 9.52. The molecule has 0 bridgehead atoms. The van der Waals surface area contributed by atoms with Crippen LogP contribution in [0.3, 0.4) is 0 Å². The third-order valence-electron chi connectivity index (χ3n) is 4.00. The monoisotopic (exact) mass is 453 g/mol. The van der Waals surface area contributed by atoms with Crippen LogP contribution in [0.4, 0.5) is 5.69 Å². The zero-order valence-electron chi connectivity index (χ0n) is 15.5. The predicted molar refractivity (Wildman–Crippen MR) is 119 cm³/mol. The van der Waals surface area contributed by atoms with Gasteiger partial charge in [-0.25, -0.2) is 4.98 Å². The number of hydrogen-bond donors (Lipinski definition) is 1. The van der Waals surface area contributed by atoms with Crippen molar-refractivity contribution < 1.29 is 4.74 Å². The van der Waals surface area contributed by atoms with Crippen LogP contribution in [0.1, 0.15) is 24.8 Å². The molecule has 0 radical (unpaired) electrons. The van der Waals surface area contributed by atoms with Crippen molar-refractivity contribution in [1.82, 2.24) is 4.98 Å². The molecule has 0 aliphatic rings. The number of unbranched alkanes of at least 4 members (excludes halogenated alkanes) is 1. The van der Waals surface area contributed by atoms with Gasteiger partial charge in [0, 0.05) is 27.3 Å². The molecule has 1 N–H and O–H groups in total. The second kappa shape index (κ2) is 10.1. The average Bonchev–Trinajstić information content (AvgIpc) is 3.20. The second-order valence-corrected chi connectivity index (χ2v) is 7.86. The van der Waals surface area contributed by atoms with Gasteiger partial charge in [0.25, 0.3) is 0 Å². The maximum atomic E-state index is 9.52. The van der Waals surface area contributed by atoms with Crippen molar-refractivity contribution in [2.75, 3.05) is 11.9 Å². The van der Waals surface area contributed by atoms with Crippen LogP contribution in [-0.2, 0) is 0 Å². The number of halogens is 1. The fourth-order valence-corrected chi connectivity index (χ4v) is 3.49. The largest absolute Gasteiger partial charge is 0.494 e. The van der Waals surface area contributed by atoms with E-state index in [0.29, 0.717) is 10.6 Å². The highest BCUT2D eigenvalue weighted by Crippen LogP contribution is 2.27. The molecule has 0 aliphatic carbocycles. The summed E-state index contributed by atoms with van der Waals surface area (Å²) in [7, 11) is 0. The standard InChI is InChI=1S/C22H20BrN3OS/c1-2-3-12-27-20-10-8-19(9-11-20)25-14-17(13-24)22-26-21(15-28-22)16-4-6-18(23)7-5-16/h4-11,14-15,25H,2-3,12H2,1H3/b17-14+. The fraction of sp³-hybridized carbons (Fsp3) is 0.182. The molecule has 0 saturated heterocycles. The summed E-state index contributed by atoms with van der Waals surface area (Å²) < 4.78 is 6.69. The first-order chi connectivity index (χ1) is 13.7. The number of nitrogens with one attached hydrogen (secondary N) is 1. The van der Waals surface area contributed by atoms with Crippen LogP contribution in [-0.4, -0.2) is 11.6 Å². The average molecular weight is 454 g/mol. The normalized spacial score (nSPS) is 11.1. The minimum absolute atomic E-state index is 0.497. The van der Waals surface area contributed by atoms with E-state index in [1.807, 2.05) is 53.9 Å². The van der Waals surface area contributed by atoms with Gasteiger partial charge in [0.1, 0.15) is 22.4 Å². The Morgan fingerprint density at radius 1 is 1.21 bits per heavy atom. The zero-order valence-corrected chi connectivity index (χ0v) is 17.9. The minimum atomic E-state index is 0.497. The topological polar surface area (TPSA) is 57.9 Å². The molecule has 0 saturated carbocycles. The van der Waals surface area contributed by atoms with Crippen LogP contribution in [0.15, 0.2) is 64.6 Å². The summed E-state index contributed by atoms with van der Waals surface area (Å²) >= 11 is 4.89. The first-order valence-corrected chi connectivity index (χ1v) is 10.7. The molecular weight excluding hydrogens is 434 g/mol. The van der Waals surface area contributed by atoms with E-state index in [2.05, 4.69) is 39.2 Å². The lowest BCUT2D eigenvalue weighted by Gasteiger charge is -2.06. The van der Waals surface area contributed by atoms with Crippen LogP contribution in [0.5, 0.6) is 5.75 Å². The third kappa shape index (κ3) is 5.44. The molecule has 0 fully saturated rings. The molecular formula is C22H20BrN3OS. The Balaban J connectivity index is 1.67. The quantitative estimate of drug-likeness (QED) is 0.303. The SMILES string of the molecule is CCCCOc1ccc(N/C=C(\C#N)c2nc(-c3ccc(Br)cc3)cs2)cc1. The lowest BCUT2D eigenvalue weighted by molar-refractivity contribution is 0.309. The second-order valence-electron chi connectivity index (χ2n) is 6.09. The molecule has 0 aliphatic heterocycles. The minimum Gasteiger partial charge on any atom is -0.494 e. The predicted octanol–water partition coefficient (Wildman–Crippen LogP) is 6.73. The van der Waals surface area contributed by atoms with Gasteiger partial charge in [0.05, 0.1) is 12.3 Å². The van der Waals surface area contributed by atoms with E-state index < -0.39 is 0 Å². The number of allylic oxidation sites excluding steroid dienone is 1. The number of aromatic nitrogens is 1. The van der Waals surface area contributed by atoms with E-state index in [1.165, 1.54) is 11.3 Å². The molecule has 0 atom stereocenters. The summed E-state index contributed by atoms with van der Waals surface area (Å²) in [6, 6.07) is 17.9. The van der Waals surface area contributed by atoms with Crippen LogP contribution in [0, 0.1) is 11.3 Å². The van der Waals surface area contributed by atoms with Gasteiger partial charge in [0.15, 0.2) is 0 Å². The summed E-state index contributed by atoms with van der Waals surface area (Å²) in [6.07, 6.45) is 3.85. The van der Waals surface area contributed by atoms with E-state index in [4.69, 9.17) is 4.74 Å². The molecule has 1 aromatic heterocycles. The number of thiazole rings is 1. The highest BCUT2D eigenvalue weighted by atomic mass is 79.9. The van der Waals surface area contributed by atoms with Gasteiger partial charge in [-0.1, -0.05) is 41.4 Å². The van der Waals surface area contributed by atoms with Gasteiger partial charge in [-0.2, -0.15) is 5.26 Å². The molecule has 142 valence electrons. The zero-order chi connectivity index (χ0) is 19.8. The first kappa shape index (κ1) is 20.1. The van der Waals surface area contributed by atoms with Gasteiger partial charge in [0.2, 0.25) is 0 Å². The molecule has 3 rings (SSSR count). The van der Waals surface area contributed by atoms with Crippen molar-refractivity contribution in [3.05, 3.63) is 69.6 Å². The van der Waals surface area contributed by atoms with Crippen molar-refractivity contribution in [3.8, 4) is 23.1 Å². The Kier molecular flexibility index (Phi) is 7.24. The maximum Gasteiger partial charge on any atom is 0.136 e. The highest BCUT2D eigenvalue weighted by molar-refractivity contribution is 9.10. The van der Waals surface area contributed by atoms with Crippen molar-refractivity contribution in [2.45, 2.75) is 19.8 Å². The molecule has 2 aromatic carbocycles. The summed E-state index contributed by atoms with van der Waals surface area (Å²) in [5.41, 5.74) is 3.27. The van der Waals surface area contributed by atoms with Crippen molar-refractivity contribution in [1.29, 1.82) is 5.26 Å². The number of anilines is 1. The summed E-state index contributed by atoms with van der Waals surface area (Å²) in [4.78, 5) is 4.60. The van der Waals surface area contributed by atoms with E-state index in [-0.39, 0.29) is 0 Å². The number of nitrogens with zero attached hydrogens (tertiary/aromatic N) is 2. The van der Waals surface area contributed by atoms with E-state index in [1.54, 1.807) is 6.20 Å². The lowest BCUT2D eigenvalue weighted by atomic mass is 10.2. The first-order valence-electron chi connectivity index (χ1n) is 9.01. The van der Waals surface area contributed by atoms with Gasteiger partial charge in [-0.05, 0) is 42.8 Å². The molecule has 0 spiro atoms. The van der Waals surface area contributed by atoms with E-state index in [9.17, 15) is 5.26 Å². The number of benzene rings is 2. The Labute approximate surface area is 177 Å². The molecule has 0 unspecified atom stereocenters. The number of hydrogen-bond acceptors (Lipinski definition) is 5. The van der Waals surface area contributed by atoms with Crippen LogP contribution in [0.2, 0.25) is 0 Å². The molecule has 3 aromatic rings. The summed E-state index contributed by atoms with van der Waals surface area (Å²) in [5.74, 6) is 0.850. The Morgan fingerprint density at radius 2 is 1.96 bits per heavy atom. The molecule has 6 heteroatoms. The van der Waals surface area contributed by atoms with Crippen molar-refractivity contribution >= 4 is 38.5 Å². The Morgan fingerprint density at radius 3 is 2.64 bits per heavy atom. The third-order valence-corrected chi connectivity index (χ3v) is 5.40. The van der Waals surface area contributed by atoms with Gasteiger partial charge < -0.3 is 10.1 Å². The Bertz CT molecular complexity index is 972. The van der Waals surface area contributed by atoms with Crippen molar-refractivity contribution in [3.63, 3.8) is 0 Å². The molecule has 0 amide bonds. The fourth-order valence-electron chi connectivity index (χ4n) is 2.43. The van der Waals surface area contributed by atoms with Crippen LogP contribution < -0.4 is 10.1 Å². The van der Waals surface area contributed by atoms with Gasteiger partial charge in [-0.3, -0.25) is 0 Å².